The van der Waals surface area contributed by atoms with Crippen LogP contribution in [-0.4, -0.2) is 45.2 Å². The van der Waals surface area contributed by atoms with Gasteiger partial charge in [-0.05, 0) is 43.9 Å². The van der Waals surface area contributed by atoms with Gasteiger partial charge in [-0.1, -0.05) is 24.3 Å². The number of hydrogen-bond acceptors (Lipinski definition) is 4. The fourth-order valence-electron chi connectivity index (χ4n) is 2.16. The van der Waals surface area contributed by atoms with Gasteiger partial charge in [0, 0.05) is 13.1 Å². The molecule has 0 fully saturated rings. The van der Waals surface area contributed by atoms with Gasteiger partial charge in [-0.25, -0.2) is 0 Å². The van der Waals surface area contributed by atoms with Gasteiger partial charge in [-0.2, -0.15) is 0 Å². The van der Waals surface area contributed by atoms with Crippen LogP contribution in [0.4, 0.5) is 0 Å². The van der Waals surface area contributed by atoms with E-state index in [2.05, 4.69) is 10.2 Å². The van der Waals surface area contributed by atoms with Crippen molar-refractivity contribution in [1.82, 2.24) is 10.2 Å². The van der Waals surface area contributed by atoms with Crippen LogP contribution >= 0.6 is 0 Å². The van der Waals surface area contributed by atoms with Gasteiger partial charge in [-0.3, -0.25) is 4.79 Å². The van der Waals surface area contributed by atoms with Crippen molar-refractivity contribution in [2.45, 2.75) is 6.54 Å². The third-order valence-corrected chi connectivity index (χ3v) is 3.54. The number of rotatable bonds is 8. The van der Waals surface area contributed by atoms with Crippen LogP contribution in [0.1, 0.15) is 15.9 Å². The largest absolute Gasteiger partial charge is 0.496 e. The Morgan fingerprint density at radius 1 is 1.08 bits per heavy atom. The molecule has 2 rings (SSSR count). The summed E-state index contributed by atoms with van der Waals surface area (Å²) in [6.07, 6.45) is 0. The molecule has 0 radical (unpaired) electrons. The molecule has 5 nitrogen and oxygen atoms in total. The van der Waals surface area contributed by atoms with Gasteiger partial charge in [0.1, 0.15) is 18.1 Å². The molecule has 0 saturated heterocycles. The predicted octanol–water partition coefficient (Wildman–Crippen LogP) is 2.57. The molecule has 0 heterocycles. The highest BCUT2D eigenvalue weighted by Crippen LogP contribution is 2.17. The van der Waals surface area contributed by atoms with E-state index in [1.165, 1.54) is 0 Å². The van der Waals surface area contributed by atoms with E-state index in [1.54, 1.807) is 19.2 Å². The second-order valence-electron chi connectivity index (χ2n) is 5.68. The Hall–Kier alpha value is -2.53. The average molecular weight is 328 g/mol. The van der Waals surface area contributed by atoms with Crippen molar-refractivity contribution in [2.75, 3.05) is 34.4 Å². The molecule has 0 saturated carbocycles. The van der Waals surface area contributed by atoms with Crippen molar-refractivity contribution in [3.8, 4) is 11.5 Å². The number of methoxy groups -OCH3 is 1. The molecule has 0 aliphatic carbocycles. The predicted molar refractivity (Wildman–Crippen MR) is 94.7 cm³/mol. The molecule has 0 spiro atoms. The van der Waals surface area contributed by atoms with Crippen molar-refractivity contribution in [2.24, 2.45) is 0 Å². The second kappa shape index (κ2) is 8.93. The molecule has 0 bridgehead atoms. The average Bonchev–Trinajstić information content (AvgIpc) is 2.60. The molecule has 0 aliphatic heterocycles. The normalized spacial score (nSPS) is 10.5. The standard InChI is InChI=1S/C19H24N2O3/c1-21(2)12-13-24-16-10-8-15(9-11-16)14-20-19(22)17-6-4-5-7-18(17)23-3/h4-11H,12-14H2,1-3H3,(H,20,22). The van der Waals surface area contributed by atoms with Gasteiger partial charge in [0.25, 0.3) is 5.91 Å². The Balaban J connectivity index is 1.86. The van der Waals surface area contributed by atoms with E-state index in [-0.39, 0.29) is 5.91 Å². The van der Waals surface area contributed by atoms with Gasteiger partial charge >= 0.3 is 0 Å². The summed E-state index contributed by atoms with van der Waals surface area (Å²) in [6.45, 7) is 1.97. The fourth-order valence-corrected chi connectivity index (χ4v) is 2.16. The molecule has 5 heteroatoms. The molecular formula is C19H24N2O3. The van der Waals surface area contributed by atoms with Gasteiger partial charge in [-0.15, -0.1) is 0 Å². The number of likely N-dealkylation sites (N-methyl/N-ethyl adjacent to an activating group) is 1. The number of nitrogens with zero attached hydrogens (tertiary/aromatic N) is 1. The zero-order valence-corrected chi connectivity index (χ0v) is 14.4. The summed E-state index contributed by atoms with van der Waals surface area (Å²) in [7, 11) is 5.58. The van der Waals surface area contributed by atoms with Crippen molar-refractivity contribution in [1.29, 1.82) is 0 Å². The highest BCUT2D eigenvalue weighted by molar-refractivity contribution is 5.96. The van der Waals surface area contributed by atoms with E-state index in [0.717, 1.165) is 17.9 Å². The summed E-state index contributed by atoms with van der Waals surface area (Å²) in [4.78, 5) is 14.3. The molecule has 0 atom stereocenters. The number of carbonyl (C=O) groups excluding carboxylic acids is 1. The highest BCUT2D eigenvalue weighted by atomic mass is 16.5. The van der Waals surface area contributed by atoms with Crippen LogP contribution < -0.4 is 14.8 Å². The van der Waals surface area contributed by atoms with Gasteiger partial charge < -0.3 is 19.7 Å². The minimum absolute atomic E-state index is 0.154. The SMILES string of the molecule is COc1ccccc1C(=O)NCc1ccc(OCCN(C)C)cc1. The van der Waals surface area contributed by atoms with Crippen LogP contribution in [0.2, 0.25) is 0 Å². The number of nitrogens with one attached hydrogen (secondary N) is 1. The maximum atomic E-state index is 12.2. The van der Waals surface area contributed by atoms with E-state index in [0.29, 0.717) is 24.5 Å². The summed E-state index contributed by atoms with van der Waals surface area (Å²) in [5.41, 5.74) is 1.54. The Kier molecular flexibility index (Phi) is 6.63. The topological polar surface area (TPSA) is 50.8 Å². The number of ether oxygens (including phenoxy) is 2. The Labute approximate surface area is 143 Å². The summed E-state index contributed by atoms with van der Waals surface area (Å²) < 4.78 is 10.9. The molecule has 2 aromatic carbocycles. The number of benzene rings is 2. The first-order chi connectivity index (χ1) is 11.6. The molecule has 1 N–H and O–H groups in total. The van der Waals surface area contributed by atoms with Crippen LogP contribution in [0.5, 0.6) is 11.5 Å². The van der Waals surface area contributed by atoms with Crippen molar-refractivity contribution in [3.63, 3.8) is 0 Å². The summed E-state index contributed by atoms with van der Waals surface area (Å²) in [6, 6.07) is 14.9. The minimum Gasteiger partial charge on any atom is -0.496 e. The highest BCUT2D eigenvalue weighted by Gasteiger charge is 2.10. The monoisotopic (exact) mass is 328 g/mol. The van der Waals surface area contributed by atoms with Crippen LogP contribution in [0.25, 0.3) is 0 Å². The Morgan fingerprint density at radius 2 is 1.79 bits per heavy atom. The number of para-hydroxylation sites is 1. The molecule has 0 unspecified atom stereocenters. The quantitative estimate of drug-likeness (QED) is 0.809. The van der Waals surface area contributed by atoms with Crippen LogP contribution in [0, 0.1) is 0 Å². The van der Waals surface area contributed by atoms with Crippen LogP contribution in [0.15, 0.2) is 48.5 Å². The minimum atomic E-state index is -0.154. The van der Waals surface area contributed by atoms with E-state index in [1.807, 2.05) is 50.5 Å². The first-order valence-corrected chi connectivity index (χ1v) is 7.88. The molecule has 1 amide bonds. The molecule has 24 heavy (non-hydrogen) atoms. The Bertz CT molecular complexity index is 654. The van der Waals surface area contributed by atoms with Crippen molar-refractivity contribution >= 4 is 5.91 Å². The van der Waals surface area contributed by atoms with Crippen LogP contribution in [0.3, 0.4) is 0 Å². The van der Waals surface area contributed by atoms with E-state index in [9.17, 15) is 4.79 Å². The third-order valence-electron chi connectivity index (χ3n) is 3.54. The lowest BCUT2D eigenvalue weighted by atomic mass is 10.1. The van der Waals surface area contributed by atoms with Crippen molar-refractivity contribution < 1.29 is 14.3 Å². The van der Waals surface area contributed by atoms with Gasteiger partial charge in [0.05, 0.1) is 12.7 Å². The fraction of sp³-hybridized carbons (Fsp3) is 0.316. The molecule has 0 aliphatic rings. The first-order valence-electron chi connectivity index (χ1n) is 7.88. The van der Waals surface area contributed by atoms with E-state index >= 15 is 0 Å². The zero-order chi connectivity index (χ0) is 17.4. The lowest BCUT2D eigenvalue weighted by Gasteiger charge is -2.12. The Morgan fingerprint density at radius 3 is 2.46 bits per heavy atom. The molecule has 0 aromatic heterocycles. The number of carbonyl (C=O) groups is 1. The molecular weight excluding hydrogens is 304 g/mol. The molecule has 128 valence electrons. The summed E-state index contributed by atoms with van der Waals surface area (Å²) in [5, 5.41) is 2.90. The smallest absolute Gasteiger partial charge is 0.255 e. The van der Waals surface area contributed by atoms with Crippen molar-refractivity contribution in [3.05, 3.63) is 59.7 Å². The van der Waals surface area contributed by atoms with Gasteiger partial charge in [0.15, 0.2) is 0 Å². The summed E-state index contributed by atoms with van der Waals surface area (Å²) in [5.74, 6) is 1.25. The maximum absolute atomic E-state index is 12.2. The zero-order valence-electron chi connectivity index (χ0n) is 14.4. The van der Waals surface area contributed by atoms with Gasteiger partial charge in [0.2, 0.25) is 0 Å². The lowest BCUT2D eigenvalue weighted by Crippen LogP contribution is -2.23. The second-order valence-corrected chi connectivity index (χ2v) is 5.68. The maximum Gasteiger partial charge on any atom is 0.255 e. The number of amides is 1. The lowest BCUT2D eigenvalue weighted by molar-refractivity contribution is 0.0948. The van der Waals surface area contributed by atoms with E-state index < -0.39 is 0 Å². The first kappa shape index (κ1) is 17.8. The van der Waals surface area contributed by atoms with Crippen LogP contribution in [-0.2, 0) is 6.54 Å². The third kappa shape index (κ3) is 5.28. The molecule has 2 aromatic rings. The van der Waals surface area contributed by atoms with E-state index in [4.69, 9.17) is 9.47 Å². The summed E-state index contributed by atoms with van der Waals surface area (Å²) >= 11 is 0. The number of hydrogen-bond donors (Lipinski definition) is 1.